The molecule has 0 bridgehead atoms. The van der Waals surface area contributed by atoms with E-state index in [4.69, 9.17) is 0 Å². The van der Waals surface area contributed by atoms with Crippen LogP contribution in [-0.4, -0.2) is 26.0 Å². The Balaban J connectivity index is 2.51. The first-order valence-electron chi connectivity index (χ1n) is 6.95. The molecule has 0 aliphatic heterocycles. The molecule has 0 spiro atoms. The quantitative estimate of drug-likeness (QED) is 0.741. The molecular formula is C16H26N2O. The molecular weight excluding hydrogens is 236 g/mol. The van der Waals surface area contributed by atoms with Crippen LogP contribution in [0.4, 0.5) is 0 Å². The second-order valence-corrected chi connectivity index (χ2v) is 5.68. The normalized spacial score (nSPS) is 11.4. The molecule has 1 aromatic carbocycles. The maximum absolute atomic E-state index is 11.7. The highest BCUT2D eigenvalue weighted by Crippen LogP contribution is 2.25. The summed E-state index contributed by atoms with van der Waals surface area (Å²) in [6.45, 7) is 8.02. The lowest BCUT2D eigenvalue weighted by Crippen LogP contribution is -2.37. The molecule has 0 aliphatic rings. The lowest BCUT2D eigenvalue weighted by Gasteiger charge is -2.27. The average molecular weight is 262 g/mol. The van der Waals surface area contributed by atoms with E-state index in [0.717, 1.165) is 13.0 Å². The van der Waals surface area contributed by atoms with Gasteiger partial charge in [-0.05, 0) is 38.1 Å². The average Bonchev–Trinajstić information content (AvgIpc) is 2.37. The van der Waals surface area contributed by atoms with Gasteiger partial charge in [0.25, 0.3) is 0 Å². The number of aryl methyl sites for hydroxylation is 1. The van der Waals surface area contributed by atoms with Gasteiger partial charge in [-0.15, -0.1) is 0 Å². The topological polar surface area (TPSA) is 41.1 Å². The molecule has 19 heavy (non-hydrogen) atoms. The van der Waals surface area contributed by atoms with Crippen LogP contribution in [0.3, 0.4) is 0 Å². The molecule has 3 heteroatoms. The van der Waals surface area contributed by atoms with Gasteiger partial charge in [-0.1, -0.05) is 38.1 Å². The summed E-state index contributed by atoms with van der Waals surface area (Å²) in [7, 11) is 1.90. The number of benzene rings is 1. The Morgan fingerprint density at radius 1 is 1.26 bits per heavy atom. The largest absolute Gasteiger partial charge is 0.355 e. The van der Waals surface area contributed by atoms with Crippen LogP contribution in [-0.2, 0) is 10.2 Å². The molecule has 0 fully saturated rings. The first kappa shape index (κ1) is 15.7. The molecule has 0 unspecified atom stereocenters. The van der Waals surface area contributed by atoms with Gasteiger partial charge >= 0.3 is 0 Å². The highest BCUT2D eigenvalue weighted by atomic mass is 16.1. The molecule has 1 amide bonds. The minimum absolute atomic E-state index is 0.0377. The predicted octanol–water partition coefficient (Wildman–Crippen LogP) is 2.39. The summed E-state index contributed by atoms with van der Waals surface area (Å²) >= 11 is 0. The summed E-state index contributed by atoms with van der Waals surface area (Å²) in [5.74, 6) is 0.136. The Morgan fingerprint density at radius 2 is 1.95 bits per heavy atom. The first-order chi connectivity index (χ1) is 8.97. The van der Waals surface area contributed by atoms with E-state index in [-0.39, 0.29) is 11.3 Å². The maximum Gasteiger partial charge on any atom is 0.220 e. The van der Waals surface area contributed by atoms with Crippen LogP contribution < -0.4 is 10.6 Å². The highest BCUT2D eigenvalue weighted by Gasteiger charge is 2.22. The third-order valence-corrected chi connectivity index (χ3v) is 3.43. The Kier molecular flexibility index (Phi) is 6.03. The van der Waals surface area contributed by atoms with Crippen molar-refractivity contribution in [3.63, 3.8) is 0 Å². The van der Waals surface area contributed by atoms with Crippen molar-refractivity contribution < 1.29 is 4.79 Å². The van der Waals surface area contributed by atoms with Crippen molar-refractivity contribution in [1.82, 2.24) is 10.6 Å². The van der Waals surface area contributed by atoms with Crippen molar-refractivity contribution in [2.45, 2.75) is 39.0 Å². The van der Waals surface area contributed by atoms with Crippen molar-refractivity contribution >= 4 is 5.91 Å². The lowest BCUT2D eigenvalue weighted by atomic mass is 9.82. The number of hydrogen-bond donors (Lipinski definition) is 2. The molecule has 0 radical (unpaired) electrons. The van der Waals surface area contributed by atoms with Crippen LogP contribution in [0.5, 0.6) is 0 Å². The standard InChI is InChI=1S/C16H26N2O/c1-13-8-5-6-9-14(13)16(2,3)12-18-15(19)10-7-11-17-4/h5-6,8-9,17H,7,10-12H2,1-4H3,(H,18,19). The van der Waals surface area contributed by atoms with Crippen molar-refractivity contribution in [2.75, 3.05) is 20.1 Å². The van der Waals surface area contributed by atoms with Crippen molar-refractivity contribution in [3.05, 3.63) is 35.4 Å². The van der Waals surface area contributed by atoms with E-state index in [9.17, 15) is 4.79 Å². The first-order valence-corrected chi connectivity index (χ1v) is 6.95. The summed E-state index contributed by atoms with van der Waals surface area (Å²) in [6, 6.07) is 8.36. The van der Waals surface area contributed by atoms with Gasteiger partial charge in [0.05, 0.1) is 0 Å². The SMILES string of the molecule is CNCCCC(=O)NCC(C)(C)c1ccccc1C. The molecule has 3 nitrogen and oxygen atoms in total. The summed E-state index contributed by atoms with van der Waals surface area (Å²) in [4.78, 5) is 11.7. The zero-order chi connectivity index (χ0) is 14.3. The van der Waals surface area contributed by atoms with Crippen LogP contribution in [0.25, 0.3) is 0 Å². The number of amides is 1. The maximum atomic E-state index is 11.7. The van der Waals surface area contributed by atoms with Gasteiger partial charge in [0.1, 0.15) is 0 Å². The van der Waals surface area contributed by atoms with E-state index >= 15 is 0 Å². The second-order valence-electron chi connectivity index (χ2n) is 5.68. The zero-order valence-corrected chi connectivity index (χ0v) is 12.5. The number of carbonyl (C=O) groups is 1. The number of nitrogens with one attached hydrogen (secondary N) is 2. The fourth-order valence-electron chi connectivity index (χ4n) is 2.26. The monoisotopic (exact) mass is 262 g/mol. The van der Waals surface area contributed by atoms with Crippen LogP contribution >= 0.6 is 0 Å². The minimum Gasteiger partial charge on any atom is -0.355 e. The van der Waals surface area contributed by atoms with E-state index in [1.54, 1.807) is 0 Å². The highest BCUT2D eigenvalue weighted by molar-refractivity contribution is 5.76. The zero-order valence-electron chi connectivity index (χ0n) is 12.5. The van der Waals surface area contributed by atoms with Crippen LogP contribution in [0.1, 0.15) is 37.8 Å². The van der Waals surface area contributed by atoms with Crippen LogP contribution in [0.15, 0.2) is 24.3 Å². The Bertz CT molecular complexity index is 413. The molecule has 0 atom stereocenters. The Morgan fingerprint density at radius 3 is 2.58 bits per heavy atom. The van der Waals surface area contributed by atoms with Crippen LogP contribution in [0, 0.1) is 6.92 Å². The second kappa shape index (κ2) is 7.29. The molecule has 0 aliphatic carbocycles. The third kappa shape index (κ3) is 5.03. The van der Waals surface area contributed by atoms with Crippen molar-refractivity contribution in [1.29, 1.82) is 0 Å². The fourth-order valence-corrected chi connectivity index (χ4v) is 2.26. The molecule has 1 aromatic rings. The molecule has 0 aromatic heterocycles. The number of carbonyl (C=O) groups excluding carboxylic acids is 1. The van der Waals surface area contributed by atoms with Gasteiger partial charge < -0.3 is 10.6 Å². The molecule has 106 valence electrons. The Labute approximate surface area is 116 Å². The minimum atomic E-state index is -0.0377. The molecule has 0 saturated carbocycles. The smallest absolute Gasteiger partial charge is 0.220 e. The van der Waals surface area contributed by atoms with Crippen molar-refractivity contribution in [3.8, 4) is 0 Å². The molecule has 0 saturated heterocycles. The van der Waals surface area contributed by atoms with E-state index in [1.165, 1.54) is 11.1 Å². The fraction of sp³-hybridized carbons (Fsp3) is 0.562. The van der Waals surface area contributed by atoms with Gasteiger partial charge in [-0.3, -0.25) is 4.79 Å². The predicted molar refractivity (Wildman–Crippen MR) is 80.4 cm³/mol. The third-order valence-electron chi connectivity index (χ3n) is 3.43. The van der Waals surface area contributed by atoms with Gasteiger partial charge in [-0.2, -0.15) is 0 Å². The summed E-state index contributed by atoms with van der Waals surface area (Å²) in [5, 5.41) is 6.09. The summed E-state index contributed by atoms with van der Waals surface area (Å²) in [5.41, 5.74) is 2.53. The van der Waals surface area contributed by atoms with E-state index < -0.39 is 0 Å². The molecule has 0 heterocycles. The number of hydrogen-bond acceptors (Lipinski definition) is 2. The van der Waals surface area contributed by atoms with Gasteiger partial charge in [0.2, 0.25) is 5.91 Å². The van der Waals surface area contributed by atoms with Crippen LogP contribution in [0.2, 0.25) is 0 Å². The Hall–Kier alpha value is -1.35. The summed E-state index contributed by atoms with van der Waals surface area (Å²) in [6.07, 6.45) is 1.47. The molecule has 2 N–H and O–H groups in total. The van der Waals surface area contributed by atoms with Gasteiger partial charge in [-0.25, -0.2) is 0 Å². The van der Waals surface area contributed by atoms with E-state index in [1.807, 2.05) is 13.1 Å². The van der Waals surface area contributed by atoms with E-state index in [0.29, 0.717) is 13.0 Å². The van der Waals surface area contributed by atoms with Gasteiger partial charge in [0, 0.05) is 18.4 Å². The van der Waals surface area contributed by atoms with Crippen molar-refractivity contribution in [2.24, 2.45) is 0 Å². The molecule has 1 rings (SSSR count). The lowest BCUT2D eigenvalue weighted by molar-refractivity contribution is -0.121. The van der Waals surface area contributed by atoms with Gasteiger partial charge in [0.15, 0.2) is 0 Å². The number of rotatable bonds is 7. The summed E-state index contributed by atoms with van der Waals surface area (Å²) < 4.78 is 0. The van der Waals surface area contributed by atoms with E-state index in [2.05, 4.69) is 49.6 Å².